The molecular weight excluding hydrogens is 324 g/mol. The highest BCUT2D eigenvalue weighted by Crippen LogP contribution is 2.18. The van der Waals surface area contributed by atoms with E-state index in [9.17, 15) is 4.79 Å². The van der Waals surface area contributed by atoms with Gasteiger partial charge in [0.25, 0.3) is 0 Å². The molecule has 26 heavy (non-hydrogen) atoms. The minimum atomic E-state index is -0.445. The Labute approximate surface area is 156 Å². The third-order valence-electron chi connectivity index (χ3n) is 3.84. The van der Waals surface area contributed by atoms with Crippen LogP contribution in [0.3, 0.4) is 0 Å². The van der Waals surface area contributed by atoms with Crippen LogP contribution in [0.25, 0.3) is 0 Å². The summed E-state index contributed by atoms with van der Waals surface area (Å²) in [6.45, 7) is 7.68. The third-order valence-corrected chi connectivity index (χ3v) is 3.84. The van der Waals surface area contributed by atoms with Gasteiger partial charge in [0.15, 0.2) is 0 Å². The second kappa shape index (κ2) is 8.95. The molecule has 1 atom stereocenters. The molecule has 4 nitrogen and oxygen atoms in total. The minimum absolute atomic E-state index is 0.0994. The van der Waals surface area contributed by atoms with Crippen LogP contribution >= 0.6 is 0 Å². The highest BCUT2D eigenvalue weighted by molar-refractivity contribution is 5.70. The fourth-order valence-corrected chi connectivity index (χ4v) is 2.95. The number of carbonyl (C=O) groups is 1. The normalized spacial score (nSPS) is 12.7. The fraction of sp³-hybridized carbons (Fsp3) is 0.455. The zero-order valence-electron chi connectivity index (χ0n) is 16.3. The summed E-state index contributed by atoms with van der Waals surface area (Å²) in [5.74, 6) is -0.163. The van der Waals surface area contributed by atoms with Gasteiger partial charge in [-0.2, -0.15) is 0 Å². The van der Waals surface area contributed by atoms with Crippen molar-refractivity contribution in [2.45, 2.75) is 65.0 Å². The van der Waals surface area contributed by atoms with Gasteiger partial charge < -0.3 is 10.5 Å². The first kappa shape index (κ1) is 20.1. The Hall–Kier alpha value is -2.20. The minimum Gasteiger partial charge on any atom is -0.460 e. The Morgan fingerprint density at radius 3 is 2.46 bits per heavy atom. The first-order chi connectivity index (χ1) is 12.2. The van der Waals surface area contributed by atoms with Crippen LogP contribution in [0.4, 0.5) is 0 Å². The van der Waals surface area contributed by atoms with Gasteiger partial charge in [0.2, 0.25) is 0 Å². The summed E-state index contributed by atoms with van der Waals surface area (Å²) in [6, 6.07) is 10.6. The highest BCUT2D eigenvalue weighted by Gasteiger charge is 2.16. The van der Waals surface area contributed by atoms with E-state index in [2.05, 4.69) is 29.2 Å². The van der Waals surface area contributed by atoms with Gasteiger partial charge in [-0.05, 0) is 75.3 Å². The van der Waals surface area contributed by atoms with Crippen LogP contribution in [-0.2, 0) is 28.8 Å². The van der Waals surface area contributed by atoms with Gasteiger partial charge in [0, 0.05) is 24.9 Å². The van der Waals surface area contributed by atoms with Crippen molar-refractivity contribution in [2.75, 3.05) is 0 Å². The van der Waals surface area contributed by atoms with Crippen molar-refractivity contribution in [3.8, 4) is 0 Å². The Balaban J connectivity index is 2.13. The topological polar surface area (TPSA) is 65.2 Å². The molecule has 1 aromatic carbocycles. The molecule has 0 saturated heterocycles. The number of ether oxygens (including phenoxy) is 1. The second-order valence-corrected chi connectivity index (χ2v) is 7.96. The predicted octanol–water partition coefficient (Wildman–Crippen LogP) is 3.84. The average Bonchev–Trinajstić information content (AvgIpc) is 2.51. The molecule has 0 aliphatic rings. The number of aryl methyl sites for hydroxylation is 1. The zero-order valence-corrected chi connectivity index (χ0v) is 16.3. The Kier molecular flexibility index (Phi) is 6.92. The number of nitrogens with zero attached hydrogens (tertiary/aromatic N) is 1. The smallest absolute Gasteiger partial charge is 0.306 e. The van der Waals surface area contributed by atoms with E-state index in [1.807, 2.05) is 40.0 Å². The van der Waals surface area contributed by atoms with Gasteiger partial charge in [-0.15, -0.1) is 0 Å². The molecule has 1 aromatic heterocycles. The summed E-state index contributed by atoms with van der Waals surface area (Å²) in [4.78, 5) is 16.2. The lowest BCUT2D eigenvalue weighted by Crippen LogP contribution is -2.24. The number of carbonyl (C=O) groups excluding carboxylic acids is 1. The van der Waals surface area contributed by atoms with Crippen molar-refractivity contribution >= 4 is 5.97 Å². The number of hydrogen-bond donors (Lipinski definition) is 1. The van der Waals surface area contributed by atoms with E-state index in [4.69, 9.17) is 10.5 Å². The van der Waals surface area contributed by atoms with Crippen LogP contribution in [0, 0.1) is 0 Å². The van der Waals surface area contributed by atoms with Crippen molar-refractivity contribution in [1.29, 1.82) is 0 Å². The van der Waals surface area contributed by atoms with Crippen LogP contribution in [0.5, 0.6) is 0 Å². The van der Waals surface area contributed by atoms with Gasteiger partial charge in [0.1, 0.15) is 5.60 Å². The molecule has 0 bridgehead atoms. The van der Waals surface area contributed by atoms with E-state index in [1.54, 1.807) is 6.20 Å². The molecule has 0 aliphatic carbocycles. The van der Waals surface area contributed by atoms with Crippen molar-refractivity contribution in [3.63, 3.8) is 0 Å². The number of rotatable bonds is 7. The van der Waals surface area contributed by atoms with Crippen molar-refractivity contribution in [1.82, 2.24) is 4.98 Å². The maximum Gasteiger partial charge on any atom is 0.306 e. The third kappa shape index (κ3) is 7.36. The molecular formula is C22H30N2O2. The largest absolute Gasteiger partial charge is 0.460 e. The fourth-order valence-electron chi connectivity index (χ4n) is 2.95. The summed E-state index contributed by atoms with van der Waals surface area (Å²) in [5, 5.41) is 0. The molecule has 2 aromatic rings. The monoisotopic (exact) mass is 354 g/mol. The molecule has 0 fully saturated rings. The van der Waals surface area contributed by atoms with Crippen LogP contribution < -0.4 is 5.73 Å². The number of nitrogens with two attached hydrogens (primary N) is 1. The van der Waals surface area contributed by atoms with Gasteiger partial charge in [0.05, 0.1) is 0 Å². The SMILES string of the molecule is CC(N)Cc1cc(CCC(=O)OC(C)(C)C)cc(Cc2cccnc2)c1. The van der Waals surface area contributed by atoms with Gasteiger partial charge in [-0.3, -0.25) is 9.78 Å². The lowest BCUT2D eigenvalue weighted by Gasteiger charge is -2.19. The Bertz CT molecular complexity index is 719. The standard InChI is InChI=1S/C22H30N2O2/c1-16(23)10-19-11-17(7-8-21(25)26-22(2,3)4)12-20(14-19)13-18-6-5-9-24-15-18/h5-6,9,11-12,14-16H,7-8,10,13,23H2,1-4H3. The van der Waals surface area contributed by atoms with E-state index >= 15 is 0 Å². The van der Waals surface area contributed by atoms with Gasteiger partial charge in [-0.1, -0.05) is 24.3 Å². The number of pyridine rings is 1. The molecule has 0 radical (unpaired) electrons. The molecule has 140 valence electrons. The van der Waals surface area contributed by atoms with Gasteiger partial charge in [-0.25, -0.2) is 0 Å². The summed E-state index contributed by atoms with van der Waals surface area (Å²) >= 11 is 0. The van der Waals surface area contributed by atoms with Gasteiger partial charge >= 0.3 is 5.97 Å². The molecule has 0 aliphatic heterocycles. The first-order valence-electron chi connectivity index (χ1n) is 9.19. The average molecular weight is 354 g/mol. The van der Waals surface area contributed by atoms with E-state index in [0.29, 0.717) is 12.8 Å². The lowest BCUT2D eigenvalue weighted by atomic mass is 9.96. The summed E-state index contributed by atoms with van der Waals surface area (Å²) in [5.41, 5.74) is 10.3. The molecule has 1 heterocycles. The predicted molar refractivity (Wildman–Crippen MR) is 105 cm³/mol. The number of esters is 1. The number of benzene rings is 1. The van der Waals surface area contributed by atoms with Crippen LogP contribution in [-0.4, -0.2) is 22.6 Å². The maximum absolute atomic E-state index is 12.0. The summed E-state index contributed by atoms with van der Waals surface area (Å²) in [7, 11) is 0. The number of hydrogen-bond acceptors (Lipinski definition) is 4. The molecule has 2 rings (SSSR count). The molecule has 2 N–H and O–H groups in total. The lowest BCUT2D eigenvalue weighted by molar-refractivity contribution is -0.154. The quantitative estimate of drug-likeness (QED) is 0.767. The van der Waals surface area contributed by atoms with E-state index in [1.165, 1.54) is 16.7 Å². The maximum atomic E-state index is 12.0. The van der Waals surface area contributed by atoms with E-state index in [0.717, 1.165) is 18.4 Å². The Morgan fingerprint density at radius 1 is 1.15 bits per heavy atom. The first-order valence-corrected chi connectivity index (χ1v) is 9.19. The zero-order chi connectivity index (χ0) is 19.2. The van der Waals surface area contributed by atoms with Crippen molar-refractivity contribution < 1.29 is 9.53 Å². The van der Waals surface area contributed by atoms with Crippen LogP contribution in [0.1, 0.15) is 56.4 Å². The summed E-state index contributed by atoms with van der Waals surface area (Å²) in [6.07, 6.45) is 6.36. The number of aromatic nitrogens is 1. The van der Waals surface area contributed by atoms with E-state index < -0.39 is 5.60 Å². The molecule has 1 unspecified atom stereocenters. The second-order valence-electron chi connectivity index (χ2n) is 7.96. The van der Waals surface area contributed by atoms with Crippen molar-refractivity contribution in [3.05, 3.63) is 65.0 Å². The molecule has 0 saturated carbocycles. The van der Waals surface area contributed by atoms with Crippen LogP contribution in [0.2, 0.25) is 0 Å². The molecule has 4 heteroatoms. The molecule has 0 spiro atoms. The van der Waals surface area contributed by atoms with Crippen LogP contribution in [0.15, 0.2) is 42.7 Å². The van der Waals surface area contributed by atoms with E-state index in [-0.39, 0.29) is 12.0 Å². The molecule has 0 amide bonds. The summed E-state index contributed by atoms with van der Waals surface area (Å²) < 4.78 is 5.41. The highest BCUT2D eigenvalue weighted by atomic mass is 16.6. The Morgan fingerprint density at radius 2 is 1.85 bits per heavy atom. The van der Waals surface area contributed by atoms with Crippen molar-refractivity contribution in [2.24, 2.45) is 5.73 Å².